The molecule has 7 heteroatoms. The Morgan fingerprint density at radius 2 is 1.84 bits per heavy atom. The van der Waals surface area contributed by atoms with Gasteiger partial charge in [0.05, 0.1) is 17.0 Å². The van der Waals surface area contributed by atoms with Crippen LogP contribution in [0.2, 0.25) is 0 Å². The average Bonchev–Trinajstić information content (AvgIpc) is 2.71. The molecular formula is C25H27F4N3. The van der Waals surface area contributed by atoms with E-state index in [2.05, 4.69) is 15.3 Å². The largest absolute Gasteiger partial charge is 0.396 e. The standard InChI is InChI=1S/C25H27F4N3/c1-13(2)17-11-24(5,25(27,28)29)23(16-9-10-19(26)14(3)22(16)17)32-21-8-6-7-20-18(21)12-30-15(4)31-20/h6-10,12-13,17,23,32H,11H2,1-5H3/t17?,23?,24-/m0/s1. The molecule has 0 radical (unpaired) electrons. The Balaban J connectivity index is 1.94. The number of aromatic nitrogens is 2. The summed E-state index contributed by atoms with van der Waals surface area (Å²) in [4.78, 5) is 8.63. The topological polar surface area (TPSA) is 37.8 Å². The number of nitrogens with zero attached hydrogens (tertiary/aromatic N) is 2. The predicted octanol–water partition coefficient (Wildman–Crippen LogP) is 7.25. The molecule has 3 aromatic rings. The second kappa shape index (κ2) is 7.71. The summed E-state index contributed by atoms with van der Waals surface area (Å²) in [6, 6.07) is 7.01. The van der Waals surface area contributed by atoms with E-state index < -0.39 is 29.4 Å². The summed E-state index contributed by atoms with van der Waals surface area (Å²) in [6.45, 7) is 8.49. The van der Waals surface area contributed by atoms with Crippen molar-refractivity contribution in [2.24, 2.45) is 11.3 Å². The van der Waals surface area contributed by atoms with E-state index in [1.54, 1.807) is 38.2 Å². The summed E-state index contributed by atoms with van der Waals surface area (Å²) in [5.74, 6) is -0.267. The van der Waals surface area contributed by atoms with Gasteiger partial charge < -0.3 is 5.32 Å². The van der Waals surface area contributed by atoms with Crippen molar-refractivity contribution in [2.45, 2.75) is 59.2 Å². The highest BCUT2D eigenvalue weighted by Gasteiger charge is 2.60. The van der Waals surface area contributed by atoms with Crippen molar-refractivity contribution < 1.29 is 17.6 Å². The van der Waals surface area contributed by atoms with E-state index in [1.807, 2.05) is 13.8 Å². The number of aryl methyl sites for hydroxylation is 1. The lowest BCUT2D eigenvalue weighted by Crippen LogP contribution is -2.48. The van der Waals surface area contributed by atoms with Crippen LogP contribution in [0.3, 0.4) is 0 Å². The van der Waals surface area contributed by atoms with Gasteiger partial charge in [-0.1, -0.05) is 26.0 Å². The number of hydrogen-bond acceptors (Lipinski definition) is 3. The van der Waals surface area contributed by atoms with Gasteiger partial charge in [0.25, 0.3) is 0 Å². The summed E-state index contributed by atoms with van der Waals surface area (Å²) in [5, 5.41) is 3.83. The van der Waals surface area contributed by atoms with Gasteiger partial charge >= 0.3 is 6.18 Å². The van der Waals surface area contributed by atoms with E-state index in [0.29, 0.717) is 39.1 Å². The summed E-state index contributed by atoms with van der Waals surface area (Å²) < 4.78 is 58.4. The number of rotatable bonds is 3. The molecule has 0 saturated heterocycles. The summed E-state index contributed by atoms with van der Waals surface area (Å²) in [7, 11) is 0. The summed E-state index contributed by atoms with van der Waals surface area (Å²) >= 11 is 0. The van der Waals surface area contributed by atoms with Crippen LogP contribution in [0.15, 0.2) is 36.5 Å². The van der Waals surface area contributed by atoms with Crippen molar-refractivity contribution in [2.75, 3.05) is 5.32 Å². The number of nitrogens with one attached hydrogen (secondary N) is 1. The molecule has 1 heterocycles. The Kier molecular flexibility index (Phi) is 5.42. The molecule has 32 heavy (non-hydrogen) atoms. The molecule has 1 aliphatic rings. The molecule has 2 aromatic carbocycles. The molecule has 3 nitrogen and oxygen atoms in total. The van der Waals surface area contributed by atoms with Gasteiger partial charge in [-0.25, -0.2) is 14.4 Å². The fourth-order valence-corrected chi connectivity index (χ4v) is 5.00. The van der Waals surface area contributed by atoms with Crippen LogP contribution in [0, 0.1) is 31.0 Å². The fraction of sp³-hybridized carbons (Fsp3) is 0.440. The van der Waals surface area contributed by atoms with Crippen LogP contribution in [0.25, 0.3) is 10.9 Å². The number of anilines is 1. The van der Waals surface area contributed by atoms with Gasteiger partial charge in [0.15, 0.2) is 0 Å². The molecule has 0 aliphatic heterocycles. The Hall–Kier alpha value is -2.70. The molecule has 1 N–H and O–H groups in total. The van der Waals surface area contributed by atoms with E-state index in [1.165, 1.54) is 19.1 Å². The van der Waals surface area contributed by atoms with Crippen LogP contribution in [0.5, 0.6) is 0 Å². The van der Waals surface area contributed by atoms with Crippen molar-refractivity contribution in [1.82, 2.24) is 9.97 Å². The first kappa shape index (κ1) is 22.5. The van der Waals surface area contributed by atoms with Gasteiger partial charge in [-0.3, -0.25) is 0 Å². The van der Waals surface area contributed by atoms with Crippen LogP contribution in [-0.4, -0.2) is 16.1 Å². The van der Waals surface area contributed by atoms with Crippen molar-refractivity contribution in [3.05, 3.63) is 64.9 Å². The molecule has 0 amide bonds. The minimum Gasteiger partial charge on any atom is -0.377 e. The van der Waals surface area contributed by atoms with Crippen LogP contribution in [0.1, 0.15) is 61.7 Å². The van der Waals surface area contributed by atoms with Crippen LogP contribution in [-0.2, 0) is 0 Å². The Morgan fingerprint density at radius 1 is 1.12 bits per heavy atom. The molecule has 4 rings (SSSR count). The highest BCUT2D eigenvalue weighted by Crippen LogP contribution is 2.60. The second-order valence-corrected chi connectivity index (χ2v) is 9.38. The maximum atomic E-state index is 14.6. The van der Waals surface area contributed by atoms with Gasteiger partial charge in [-0.15, -0.1) is 0 Å². The maximum absolute atomic E-state index is 14.6. The van der Waals surface area contributed by atoms with E-state index in [9.17, 15) is 17.6 Å². The number of hydrogen-bond donors (Lipinski definition) is 1. The Bertz CT molecular complexity index is 1170. The quantitative estimate of drug-likeness (QED) is 0.432. The lowest BCUT2D eigenvalue weighted by atomic mass is 9.61. The van der Waals surface area contributed by atoms with Crippen LogP contribution in [0.4, 0.5) is 23.2 Å². The van der Waals surface area contributed by atoms with Gasteiger partial charge in [-0.05, 0) is 73.9 Å². The maximum Gasteiger partial charge on any atom is 0.396 e. The van der Waals surface area contributed by atoms with Crippen LogP contribution >= 0.6 is 0 Å². The molecular weight excluding hydrogens is 418 g/mol. The minimum atomic E-state index is -4.46. The van der Waals surface area contributed by atoms with Crippen molar-refractivity contribution >= 4 is 16.6 Å². The fourth-order valence-electron chi connectivity index (χ4n) is 5.00. The lowest BCUT2D eigenvalue weighted by Gasteiger charge is -2.48. The molecule has 0 bridgehead atoms. The molecule has 1 aromatic heterocycles. The number of alkyl halides is 3. The molecule has 1 aliphatic carbocycles. The first-order valence-corrected chi connectivity index (χ1v) is 10.8. The monoisotopic (exact) mass is 445 g/mol. The number of fused-ring (bicyclic) bond motifs is 2. The summed E-state index contributed by atoms with van der Waals surface area (Å²) in [5.41, 5.74) is 0.744. The molecule has 0 fully saturated rings. The Morgan fingerprint density at radius 3 is 2.50 bits per heavy atom. The average molecular weight is 446 g/mol. The molecule has 2 unspecified atom stereocenters. The SMILES string of the molecule is Cc1ncc2c(NC3c4ccc(F)c(C)c4C(C(C)C)C[C@]3(C)C(F)(F)F)cccc2n1. The third kappa shape index (κ3) is 3.51. The summed E-state index contributed by atoms with van der Waals surface area (Å²) in [6.07, 6.45) is -2.96. The van der Waals surface area contributed by atoms with E-state index in [0.717, 1.165) is 0 Å². The lowest BCUT2D eigenvalue weighted by molar-refractivity contribution is -0.231. The van der Waals surface area contributed by atoms with E-state index in [-0.39, 0.29) is 12.3 Å². The molecule has 170 valence electrons. The zero-order chi connectivity index (χ0) is 23.4. The first-order valence-electron chi connectivity index (χ1n) is 10.8. The number of benzene rings is 2. The number of halogens is 4. The highest BCUT2D eigenvalue weighted by molar-refractivity contribution is 5.90. The third-order valence-electron chi connectivity index (χ3n) is 6.94. The van der Waals surface area contributed by atoms with Crippen molar-refractivity contribution in [1.29, 1.82) is 0 Å². The van der Waals surface area contributed by atoms with Crippen molar-refractivity contribution in [3.63, 3.8) is 0 Å². The molecule has 0 spiro atoms. The predicted molar refractivity (Wildman–Crippen MR) is 118 cm³/mol. The normalized spacial score (nSPS) is 23.4. The molecule has 0 saturated carbocycles. The zero-order valence-electron chi connectivity index (χ0n) is 18.8. The smallest absolute Gasteiger partial charge is 0.377 e. The Labute approximate surface area is 185 Å². The second-order valence-electron chi connectivity index (χ2n) is 9.38. The van der Waals surface area contributed by atoms with Gasteiger partial charge in [0.2, 0.25) is 0 Å². The van der Waals surface area contributed by atoms with E-state index >= 15 is 0 Å². The van der Waals surface area contributed by atoms with E-state index in [4.69, 9.17) is 0 Å². The molecule has 3 atom stereocenters. The van der Waals surface area contributed by atoms with Gasteiger partial charge in [-0.2, -0.15) is 13.2 Å². The van der Waals surface area contributed by atoms with Crippen molar-refractivity contribution in [3.8, 4) is 0 Å². The van der Waals surface area contributed by atoms with Gasteiger partial charge in [0.1, 0.15) is 11.6 Å². The van der Waals surface area contributed by atoms with Crippen LogP contribution < -0.4 is 5.32 Å². The first-order chi connectivity index (χ1) is 14.9. The highest BCUT2D eigenvalue weighted by atomic mass is 19.4. The minimum absolute atomic E-state index is 0.0641. The zero-order valence-corrected chi connectivity index (χ0v) is 18.8. The van der Waals surface area contributed by atoms with Gasteiger partial charge in [0, 0.05) is 17.3 Å². The third-order valence-corrected chi connectivity index (χ3v) is 6.94.